The molecule has 1 heterocycles. The lowest BCUT2D eigenvalue weighted by Gasteiger charge is -2.36. The third-order valence-electron chi connectivity index (χ3n) is 4.03. The first-order valence-corrected chi connectivity index (χ1v) is 9.11. The van der Waals surface area contributed by atoms with E-state index in [0.717, 1.165) is 32.2 Å². The maximum Gasteiger partial charge on any atom is 0.407 e. The van der Waals surface area contributed by atoms with E-state index in [0.29, 0.717) is 0 Å². The summed E-state index contributed by atoms with van der Waals surface area (Å²) in [6.45, 7) is 9.78. The van der Waals surface area contributed by atoms with Crippen molar-refractivity contribution in [1.29, 1.82) is 0 Å². The molecule has 0 aromatic rings. The molecule has 25 heavy (non-hydrogen) atoms. The summed E-state index contributed by atoms with van der Waals surface area (Å²) in [5.74, 6) is -0.651. The summed E-state index contributed by atoms with van der Waals surface area (Å²) in [4.78, 5) is 37.7. The summed E-state index contributed by atoms with van der Waals surface area (Å²) in [5.41, 5.74) is -0.588. The number of rotatable bonds is 6. The molecule has 2 amide bonds. The Kier molecular flexibility index (Phi) is 8.19. The van der Waals surface area contributed by atoms with Crippen LogP contribution >= 0.6 is 0 Å². The molecule has 2 atom stereocenters. The number of hydrogen-bond acceptors (Lipinski definition) is 5. The van der Waals surface area contributed by atoms with Crippen molar-refractivity contribution in [2.24, 2.45) is 0 Å². The molecule has 0 aliphatic carbocycles. The summed E-state index contributed by atoms with van der Waals surface area (Å²) in [5, 5.41) is 2.49. The van der Waals surface area contributed by atoms with Gasteiger partial charge in [-0.15, -0.1) is 0 Å². The molecule has 0 saturated carbocycles. The Labute approximate surface area is 150 Å². The number of piperidine rings is 1. The lowest BCUT2D eigenvalue weighted by molar-refractivity contribution is -0.160. The van der Waals surface area contributed by atoms with Gasteiger partial charge in [-0.2, -0.15) is 0 Å². The van der Waals surface area contributed by atoms with E-state index in [4.69, 9.17) is 9.47 Å². The number of likely N-dealkylation sites (tertiary alicyclic amines) is 1. The van der Waals surface area contributed by atoms with Crippen molar-refractivity contribution in [3.05, 3.63) is 0 Å². The molecule has 7 nitrogen and oxygen atoms in total. The van der Waals surface area contributed by atoms with Crippen LogP contribution in [0.1, 0.15) is 66.7 Å². The van der Waals surface area contributed by atoms with Crippen molar-refractivity contribution >= 4 is 18.0 Å². The molecule has 1 aliphatic rings. The van der Waals surface area contributed by atoms with Crippen LogP contribution in [0.2, 0.25) is 0 Å². The number of hydrogen-bond donors (Lipinski definition) is 1. The Morgan fingerprint density at radius 1 is 1.24 bits per heavy atom. The number of esters is 1. The molecule has 1 aliphatic heterocycles. The van der Waals surface area contributed by atoms with E-state index in [1.165, 1.54) is 0 Å². The van der Waals surface area contributed by atoms with Gasteiger partial charge < -0.3 is 19.7 Å². The van der Waals surface area contributed by atoms with Crippen LogP contribution < -0.4 is 5.32 Å². The summed E-state index contributed by atoms with van der Waals surface area (Å²) in [6.07, 6.45) is 2.64. The zero-order valence-corrected chi connectivity index (χ0v) is 16.1. The molecule has 1 rings (SSSR count). The van der Waals surface area contributed by atoms with Gasteiger partial charge in [0.05, 0.1) is 6.42 Å². The Morgan fingerprint density at radius 2 is 1.92 bits per heavy atom. The van der Waals surface area contributed by atoms with Gasteiger partial charge in [-0.05, 0) is 53.4 Å². The van der Waals surface area contributed by atoms with E-state index in [1.54, 1.807) is 27.7 Å². The second kappa shape index (κ2) is 9.63. The predicted octanol–water partition coefficient (Wildman–Crippen LogP) is 2.62. The summed E-state index contributed by atoms with van der Waals surface area (Å²) in [6, 6.07) is 0.233. The molecule has 0 aromatic carbocycles. The van der Waals surface area contributed by atoms with E-state index >= 15 is 0 Å². The second-order valence-electron chi connectivity index (χ2n) is 7.40. The average molecular weight is 356 g/mol. The molecule has 0 spiro atoms. The van der Waals surface area contributed by atoms with Crippen LogP contribution in [-0.2, 0) is 19.1 Å². The number of nitrogens with zero attached hydrogens (tertiary/aromatic N) is 1. The standard InChI is InChI=1S/C18H32N2O5/c1-6-14-9-7-8-12-20(14)16(22)13(2)24-15(21)10-11-19-17(23)25-18(3,4)5/h13-14H,6-12H2,1-5H3,(H,19,23). The number of nitrogens with one attached hydrogen (secondary N) is 1. The van der Waals surface area contributed by atoms with Crippen molar-refractivity contribution in [3.8, 4) is 0 Å². The first kappa shape index (κ1) is 21.3. The zero-order chi connectivity index (χ0) is 19.0. The number of carbonyl (C=O) groups excluding carboxylic acids is 3. The maximum absolute atomic E-state index is 12.5. The van der Waals surface area contributed by atoms with Crippen LogP contribution in [0, 0.1) is 0 Å². The molecule has 0 radical (unpaired) electrons. The van der Waals surface area contributed by atoms with Crippen molar-refractivity contribution < 1.29 is 23.9 Å². The van der Waals surface area contributed by atoms with Crippen LogP contribution in [0.3, 0.4) is 0 Å². The number of ether oxygens (including phenoxy) is 2. The predicted molar refractivity (Wildman–Crippen MR) is 94.1 cm³/mol. The Hall–Kier alpha value is -1.79. The minimum atomic E-state index is -0.804. The third kappa shape index (κ3) is 7.75. The molecule has 0 bridgehead atoms. The first-order chi connectivity index (χ1) is 11.6. The van der Waals surface area contributed by atoms with Gasteiger partial charge in [-0.25, -0.2) is 4.79 Å². The maximum atomic E-state index is 12.5. The zero-order valence-electron chi connectivity index (χ0n) is 16.1. The highest BCUT2D eigenvalue weighted by Crippen LogP contribution is 2.20. The molecular weight excluding hydrogens is 324 g/mol. The van der Waals surface area contributed by atoms with E-state index in [1.807, 2.05) is 4.90 Å². The van der Waals surface area contributed by atoms with Crippen LogP contribution in [-0.4, -0.2) is 53.7 Å². The third-order valence-corrected chi connectivity index (χ3v) is 4.03. The largest absolute Gasteiger partial charge is 0.452 e. The first-order valence-electron chi connectivity index (χ1n) is 9.11. The van der Waals surface area contributed by atoms with Crippen LogP contribution in [0.15, 0.2) is 0 Å². The monoisotopic (exact) mass is 356 g/mol. The van der Waals surface area contributed by atoms with Crippen molar-refractivity contribution in [2.75, 3.05) is 13.1 Å². The van der Waals surface area contributed by atoms with Gasteiger partial charge in [-0.1, -0.05) is 6.92 Å². The SMILES string of the molecule is CCC1CCCCN1C(=O)C(C)OC(=O)CCNC(=O)OC(C)(C)C. The Balaban J connectivity index is 2.35. The molecule has 1 fully saturated rings. The Morgan fingerprint density at radius 3 is 2.52 bits per heavy atom. The normalized spacial score (nSPS) is 19.1. The van der Waals surface area contributed by atoms with E-state index in [-0.39, 0.29) is 24.9 Å². The summed E-state index contributed by atoms with van der Waals surface area (Å²) < 4.78 is 10.3. The smallest absolute Gasteiger partial charge is 0.407 e. The molecule has 144 valence electrons. The number of alkyl carbamates (subject to hydrolysis) is 1. The van der Waals surface area contributed by atoms with Gasteiger partial charge in [0, 0.05) is 19.1 Å². The van der Waals surface area contributed by atoms with Gasteiger partial charge in [0.1, 0.15) is 5.60 Å². The molecule has 7 heteroatoms. The highest BCUT2D eigenvalue weighted by molar-refractivity contribution is 5.84. The lowest BCUT2D eigenvalue weighted by atomic mass is 9.99. The van der Waals surface area contributed by atoms with Crippen molar-refractivity contribution in [3.63, 3.8) is 0 Å². The summed E-state index contributed by atoms with van der Waals surface area (Å²) >= 11 is 0. The van der Waals surface area contributed by atoms with Crippen LogP contribution in [0.5, 0.6) is 0 Å². The minimum absolute atomic E-state index is 0.00588. The topological polar surface area (TPSA) is 84.9 Å². The van der Waals surface area contributed by atoms with Gasteiger partial charge in [-0.3, -0.25) is 9.59 Å². The quantitative estimate of drug-likeness (QED) is 0.740. The average Bonchev–Trinajstić information content (AvgIpc) is 2.52. The Bertz CT molecular complexity index is 473. The highest BCUT2D eigenvalue weighted by atomic mass is 16.6. The van der Waals surface area contributed by atoms with Crippen LogP contribution in [0.4, 0.5) is 4.79 Å². The molecular formula is C18H32N2O5. The molecule has 2 unspecified atom stereocenters. The number of carbonyl (C=O) groups is 3. The van der Waals surface area contributed by atoms with Gasteiger partial charge >= 0.3 is 12.1 Å². The van der Waals surface area contributed by atoms with Gasteiger partial charge in [0.15, 0.2) is 6.10 Å². The van der Waals surface area contributed by atoms with Crippen molar-refractivity contribution in [2.45, 2.75) is 84.5 Å². The fourth-order valence-corrected chi connectivity index (χ4v) is 2.84. The van der Waals surface area contributed by atoms with E-state index in [2.05, 4.69) is 12.2 Å². The van der Waals surface area contributed by atoms with Crippen molar-refractivity contribution in [1.82, 2.24) is 10.2 Å². The fraction of sp³-hybridized carbons (Fsp3) is 0.833. The van der Waals surface area contributed by atoms with Gasteiger partial charge in [0.2, 0.25) is 0 Å². The second-order valence-corrected chi connectivity index (χ2v) is 7.40. The van der Waals surface area contributed by atoms with E-state index in [9.17, 15) is 14.4 Å². The highest BCUT2D eigenvalue weighted by Gasteiger charge is 2.30. The molecule has 0 aromatic heterocycles. The molecule has 1 N–H and O–H groups in total. The fourth-order valence-electron chi connectivity index (χ4n) is 2.84. The van der Waals surface area contributed by atoms with Gasteiger partial charge in [0.25, 0.3) is 5.91 Å². The summed E-state index contributed by atoms with van der Waals surface area (Å²) in [7, 11) is 0. The van der Waals surface area contributed by atoms with E-state index < -0.39 is 23.8 Å². The lowest BCUT2D eigenvalue weighted by Crippen LogP contribution is -2.48. The number of amides is 2. The molecule has 1 saturated heterocycles. The minimum Gasteiger partial charge on any atom is -0.452 e. The van der Waals surface area contributed by atoms with Crippen LogP contribution in [0.25, 0.3) is 0 Å².